The van der Waals surface area contributed by atoms with Gasteiger partial charge in [-0.15, -0.1) is 0 Å². The van der Waals surface area contributed by atoms with E-state index in [2.05, 4.69) is 5.32 Å². The van der Waals surface area contributed by atoms with E-state index in [0.29, 0.717) is 22.5 Å². The molecule has 1 heterocycles. The van der Waals surface area contributed by atoms with Gasteiger partial charge in [0.15, 0.2) is 6.10 Å². The summed E-state index contributed by atoms with van der Waals surface area (Å²) >= 11 is 0. The molecule has 3 amide bonds. The topological polar surface area (TPSA) is 92.8 Å². The molecule has 0 bridgehead atoms. The Hall–Kier alpha value is -4.26. The smallest absolute Gasteiger partial charge is 0.338 e. The van der Waals surface area contributed by atoms with Gasteiger partial charge in [-0.2, -0.15) is 0 Å². The van der Waals surface area contributed by atoms with Crippen molar-refractivity contribution in [2.45, 2.75) is 26.9 Å². The summed E-state index contributed by atoms with van der Waals surface area (Å²) in [6.07, 6.45) is -1.02. The number of nitrogens with zero attached hydrogens (tertiary/aromatic N) is 1. The number of carbonyl (C=O) groups excluding carboxylic acids is 4. The van der Waals surface area contributed by atoms with E-state index < -0.39 is 29.8 Å². The third-order valence-corrected chi connectivity index (χ3v) is 5.67. The normalized spacial score (nSPS) is 13.5. The van der Waals surface area contributed by atoms with Crippen LogP contribution in [0.5, 0.6) is 0 Å². The average Bonchev–Trinajstić information content (AvgIpc) is 3.07. The second kappa shape index (κ2) is 8.70. The maximum Gasteiger partial charge on any atom is 0.338 e. The largest absolute Gasteiger partial charge is 0.449 e. The van der Waals surface area contributed by atoms with Crippen molar-refractivity contribution in [1.82, 2.24) is 0 Å². The number of aryl methyl sites for hydroxylation is 1. The van der Waals surface area contributed by atoms with Crippen LogP contribution >= 0.6 is 0 Å². The number of hydrogen-bond donors (Lipinski definition) is 1. The SMILES string of the molecule is Cc1cccc(NC(=O)C(C)OC(=O)c2ccc(N3C(=O)c4ccccc4C3=O)cc2)c1C. The lowest BCUT2D eigenvalue weighted by Gasteiger charge is -2.16. The second-order valence-electron chi connectivity index (χ2n) is 7.82. The highest BCUT2D eigenvalue weighted by Crippen LogP contribution is 2.28. The monoisotopic (exact) mass is 442 g/mol. The molecule has 3 aromatic carbocycles. The highest BCUT2D eigenvalue weighted by Gasteiger charge is 2.36. The summed E-state index contributed by atoms with van der Waals surface area (Å²) in [5.74, 6) is -1.96. The zero-order chi connectivity index (χ0) is 23.7. The Balaban J connectivity index is 1.42. The highest BCUT2D eigenvalue weighted by atomic mass is 16.5. The van der Waals surface area contributed by atoms with Crippen molar-refractivity contribution in [2.24, 2.45) is 0 Å². The molecule has 1 aliphatic rings. The van der Waals surface area contributed by atoms with Gasteiger partial charge in [-0.05, 0) is 74.4 Å². The number of esters is 1. The molecular formula is C26H22N2O5. The Morgan fingerprint density at radius 1 is 0.848 bits per heavy atom. The maximum atomic E-state index is 12.6. The molecule has 0 saturated carbocycles. The third-order valence-electron chi connectivity index (χ3n) is 5.67. The van der Waals surface area contributed by atoms with E-state index in [9.17, 15) is 19.2 Å². The molecule has 4 rings (SSSR count). The van der Waals surface area contributed by atoms with E-state index in [0.717, 1.165) is 16.0 Å². The van der Waals surface area contributed by atoms with Gasteiger partial charge in [0, 0.05) is 5.69 Å². The fourth-order valence-electron chi connectivity index (χ4n) is 3.57. The molecule has 1 atom stereocenters. The van der Waals surface area contributed by atoms with Crippen LogP contribution in [-0.2, 0) is 9.53 Å². The molecule has 166 valence electrons. The number of rotatable bonds is 5. The maximum absolute atomic E-state index is 12.6. The van der Waals surface area contributed by atoms with Crippen molar-refractivity contribution in [3.05, 3.63) is 94.5 Å². The second-order valence-corrected chi connectivity index (χ2v) is 7.82. The zero-order valence-corrected chi connectivity index (χ0v) is 18.4. The number of nitrogens with one attached hydrogen (secondary N) is 1. The number of benzene rings is 3. The van der Waals surface area contributed by atoms with E-state index in [1.165, 1.54) is 31.2 Å². The standard InChI is InChI=1S/C26H22N2O5/c1-15-7-6-10-22(16(15)2)27-23(29)17(3)33-26(32)18-11-13-19(14-12-18)28-24(30)20-8-4-5-9-21(20)25(28)31/h4-14,17H,1-3H3,(H,27,29). The molecule has 0 fully saturated rings. The predicted molar refractivity (Wildman–Crippen MR) is 123 cm³/mol. The number of imide groups is 1. The van der Waals surface area contributed by atoms with Crippen LogP contribution in [0.2, 0.25) is 0 Å². The van der Waals surface area contributed by atoms with Gasteiger partial charge >= 0.3 is 5.97 Å². The van der Waals surface area contributed by atoms with Crippen LogP contribution in [0.1, 0.15) is 49.1 Å². The zero-order valence-electron chi connectivity index (χ0n) is 18.4. The summed E-state index contributed by atoms with van der Waals surface area (Å²) in [5, 5.41) is 2.77. The molecule has 1 N–H and O–H groups in total. The lowest BCUT2D eigenvalue weighted by molar-refractivity contribution is -0.123. The van der Waals surface area contributed by atoms with Gasteiger partial charge in [-0.25, -0.2) is 9.69 Å². The summed E-state index contributed by atoms with van der Waals surface area (Å²) in [7, 11) is 0. The fourth-order valence-corrected chi connectivity index (χ4v) is 3.57. The van der Waals surface area contributed by atoms with E-state index in [-0.39, 0.29) is 5.56 Å². The molecule has 3 aromatic rings. The number of hydrogen-bond acceptors (Lipinski definition) is 5. The molecule has 7 nitrogen and oxygen atoms in total. The number of ether oxygens (including phenoxy) is 1. The Morgan fingerprint density at radius 2 is 1.45 bits per heavy atom. The van der Waals surface area contributed by atoms with E-state index in [1.807, 2.05) is 26.0 Å². The number of carbonyl (C=O) groups is 4. The number of fused-ring (bicyclic) bond motifs is 1. The summed E-state index contributed by atoms with van der Waals surface area (Å²) < 4.78 is 5.30. The van der Waals surface area contributed by atoms with E-state index >= 15 is 0 Å². The molecule has 0 saturated heterocycles. The minimum Gasteiger partial charge on any atom is -0.449 e. The predicted octanol–water partition coefficient (Wildman–Crippen LogP) is 4.29. The molecule has 0 radical (unpaired) electrons. The van der Waals surface area contributed by atoms with Gasteiger partial charge < -0.3 is 10.1 Å². The molecule has 0 spiro atoms. The van der Waals surface area contributed by atoms with Gasteiger partial charge in [0.1, 0.15) is 0 Å². The number of anilines is 2. The average molecular weight is 442 g/mol. The van der Waals surface area contributed by atoms with Crippen molar-refractivity contribution < 1.29 is 23.9 Å². The Morgan fingerprint density at radius 3 is 2.06 bits per heavy atom. The van der Waals surface area contributed by atoms with Crippen molar-refractivity contribution in [1.29, 1.82) is 0 Å². The Kier molecular flexibility index (Phi) is 5.79. The molecule has 1 unspecified atom stereocenters. The number of amides is 3. The Bertz CT molecular complexity index is 1250. The first-order chi connectivity index (χ1) is 15.8. The van der Waals surface area contributed by atoms with Crippen LogP contribution in [0, 0.1) is 13.8 Å². The minimum atomic E-state index is -1.02. The summed E-state index contributed by atoms with van der Waals surface area (Å²) in [4.78, 5) is 51.3. The van der Waals surface area contributed by atoms with Crippen molar-refractivity contribution in [2.75, 3.05) is 10.2 Å². The summed E-state index contributed by atoms with van der Waals surface area (Å²) in [6.45, 7) is 5.34. The summed E-state index contributed by atoms with van der Waals surface area (Å²) in [6, 6.07) is 18.1. The molecule has 0 aromatic heterocycles. The van der Waals surface area contributed by atoms with Gasteiger partial charge in [-0.3, -0.25) is 14.4 Å². The molecule has 7 heteroatoms. The Labute approximate surface area is 191 Å². The first kappa shape index (κ1) is 22.0. The van der Waals surface area contributed by atoms with E-state index in [1.54, 1.807) is 30.3 Å². The van der Waals surface area contributed by atoms with Crippen LogP contribution in [-0.4, -0.2) is 29.8 Å². The van der Waals surface area contributed by atoms with Crippen LogP contribution in [0.3, 0.4) is 0 Å². The lowest BCUT2D eigenvalue weighted by Crippen LogP contribution is -2.30. The van der Waals surface area contributed by atoms with Crippen molar-refractivity contribution in [3.63, 3.8) is 0 Å². The van der Waals surface area contributed by atoms with Crippen molar-refractivity contribution >= 4 is 35.1 Å². The first-order valence-electron chi connectivity index (χ1n) is 10.4. The highest BCUT2D eigenvalue weighted by molar-refractivity contribution is 6.34. The fraction of sp³-hybridized carbons (Fsp3) is 0.154. The quantitative estimate of drug-likeness (QED) is 0.470. The van der Waals surface area contributed by atoms with Gasteiger partial charge in [0.25, 0.3) is 17.7 Å². The molecule has 33 heavy (non-hydrogen) atoms. The van der Waals surface area contributed by atoms with Gasteiger partial charge in [-0.1, -0.05) is 24.3 Å². The van der Waals surface area contributed by atoms with Gasteiger partial charge in [0.05, 0.1) is 22.4 Å². The molecule has 1 aliphatic heterocycles. The van der Waals surface area contributed by atoms with Crippen LogP contribution < -0.4 is 10.2 Å². The van der Waals surface area contributed by atoms with Crippen LogP contribution in [0.25, 0.3) is 0 Å². The first-order valence-corrected chi connectivity index (χ1v) is 10.4. The molecule has 0 aliphatic carbocycles. The van der Waals surface area contributed by atoms with E-state index in [4.69, 9.17) is 4.74 Å². The molecular weight excluding hydrogens is 420 g/mol. The van der Waals surface area contributed by atoms with Crippen LogP contribution in [0.4, 0.5) is 11.4 Å². The van der Waals surface area contributed by atoms with Crippen LogP contribution in [0.15, 0.2) is 66.7 Å². The minimum absolute atomic E-state index is 0.196. The summed E-state index contributed by atoms with van der Waals surface area (Å²) in [5.41, 5.74) is 3.86. The third kappa shape index (κ3) is 4.13. The lowest BCUT2D eigenvalue weighted by atomic mass is 10.1. The van der Waals surface area contributed by atoms with Gasteiger partial charge in [0.2, 0.25) is 0 Å². The van der Waals surface area contributed by atoms with Crippen molar-refractivity contribution in [3.8, 4) is 0 Å².